The predicted octanol–water partition coefficient (Wildman–Crippen LogP) is 4.26. The molecule has 0 saturated carbocycles. The van der Waals surface area contributed by atoms with Crippen molar-refractivity contribution in [3.8, 4) is 5.75 Å². The van der Waals surface area contributed by atoms with E-state index in [-0.39, 0.29) is 11.8 Å². The molecule has 0 unspecified atom stereocenters. The van der Waals surface area contributed by atoms with Crippen LogP contribution < -0.4 is 10.1 Å². The Labute approximate surface area is 174 Å². The van der Waals surface area contributed by atoms with Crippen molar-refractivity contribution in [1.82, 2.24) is 9.88 Å². The highest BCUT2D eigenvalue weighted by molar-refractivity contribution is 7.09. The van der Waals surface area contributed by atoms with E-state index < -0.39 is 0 Å². The maximum Gasteiger partial charge on any atom is 0.255 e. The molecule has 0 atom stereocenters. The van der Waals surface area contributed by atoms with Gasteiger partial charge in [0, 0.05) is 37.1 Å². The molecule has 7 heteroatoms. The summed E-state index contributed by atoms with van der Waals surface area (Å²) < 4.78 is 5.77. The summed E-state index contributed by atoms with van der Waals surface area (Å²) in [6, 6.07) is 14.5. The van der Waals surface area contributed by atoms with Gasteiger partial charge in [0.15, 0.2) is 0 Å². The second-order valence-corrected chi connectivity index (χ2v) is 7.72. The highest BCUT2D eigenvalue weighted by Crippen LogP contribution is 2.20. The average molecular weight is 410 g/mol. The van der Waals surface area contributed by atoms with Crippen molar-refractivity contribution >= 4 is 28.8 Å². The van der Waals surface area contributed by atoms with Crippen molar-refractivity contribution in [3.05, 3.63) is 75.7 Å². The molecule has 1 N–H and O–H groups in total. The van der Waals surface area contributed by atoms with Gasteiger partial charge in [-0.15, -0.1) is 11.3 Å². The largest absolute Gasteiger partial charge is 0.487 e. The lowest BCUT2D eigenvalue weighted by Gasteiger charge is -2.18. The number of hydrogen-bond donors (Lipinski definition) is 1. The fourth-order valence-corrected chi connectivity index (χ4v) is 3.30. The molecular weight excluding hydrogens is 386 g/mol. The number of nitrogens with zero attached hydrogens (tertiary/aromatic N) is 2. The Balaban J connectivity index is 1.69. The van der Waals surface area contributed by atoms with E-state index in [1.165, 1.54) is 6.92 Å². The first-order valence-corrected chi connectivity index (χ1v) is 10.0. The van der Waals surface area contributed by atoms with Gasteiger partial charge in [0.1, 0.15) is 12.4 Å². The summed E-state index contributed by atoms with van der Waals surface area (Å²) in [4.78, 5) is 30.3. The zero-order valence-corrected chi connectivity index (χ0v) is 17.5. The molecule has 150 valence electrons. The molecule has 3 rings (SSSR count). The number of carbonyl (C=O) groups is 2. The third-order valence-electron chi connectivity index (χ3n) is 4.36. The van der Waals surface area contributed by atoms with Gasteiger partial charge in [-0.2, -0.15) is 0 Å². The Morgan fingerprint density at radius 1 is 1.17 bits per heavy atom. The van der Waals surface area contributed by atoms with Crippen LogP contribution >= 0.6 is 11.3 Å². The van der Waals surface area contributed by atoms with E-state index in [1.54, 1.807) is 41.5 Å². The molecule has 0 saturated heterocycles. The van der Waals surface area contributed by atoms with Crippen molar-refractivity contribution in [2.75, 3.05) is 12.4 Å². The fourth-order valence-electron chi connectivity index (χ4n) is 2.70. The first-order valence-electron chi connectivity index (χ1n) is 9.17. The van der Waals surface area contributed by atoms with E-state index in [0.717, 1.165) is 16.3 Å². The van der Waals surface area contributed by atoms with Crippen LogP contribution in [0.3, 0.4) is 0 Å². The molecule has 0 fully saturated rings. The minimum atomic E-state index is -0.238. The first-order chi connectivity index (χ1) is 13.9. The summed E-state index contributed by atoms with van der Waals surface area (Å²) in [6.07, 6.45) is 0. The van der Waals surface area contributed by atoms with Crippen molar-refractivity contribution in [3.63, 3.8) is 0 Å². The number of amides is 2. The highest BCUT2D eigenvalue weighted by atomic mass is 32.1. The third-order valence-corrected chi connectivity index (χ3v) is 5.18. The molecule has 6 nitrogen and oxygen atoms in total. The number of benzene rings is 2. The fraction of sp³-hybridized carbons (Fsp3) is 0.227. The number of hydrogen-bond acceptors (Lipinski definition) is 5. The molecular formula is C22H23N3O3S. The van der Waals surface area contributed by atoms with Crippen LogP contribution in [-0.4, -0.2) is 28.7 Å². The van der Waals surface area contributed by atoms with Crippen LogP contribution in [0.4, 0.5) is 5.69 Å². The lowest BCUT2D eigenvalue weighted by molar-refractivity contribution is -0.128. The molecule has 2 amide bonds. The summed E-state index contributed by atoms with van der Waals surface area (Å²) in [5.74, 6) is 0.331. The third kappa shape index (κ3) is 5.65. The van der Waals surface area contributed by atoms with E-state index in [2.05, 4.69) is 10.3 Å². The number of nitrogens with one attached hydrogen (secondary N) is 1. The zero-order chi connectivity index (χ0) is 20.8. The van der Waals surface area contributed by atoms with E-state index >= 15 is 0 Å². The molecule has 0 aliphatic rings. The zero-order valence-electron chi connectivity index (χ0n) is 16.6. The number of ether oxygens (including phenoxy) is 1. The Kier molecular flexibility index (Phi) is 6.61. The summed E-state index contributed by atoms with van der Waals surface area (Å²) in [5, 5.41) is 5.88. The Morgan fingerprint density at radius 2 is 1.97 bits per heavy atom. The van der Waals surface area contributed by atoms with Crippen LogP contribution in [0.1, 0.15) is 33.5 Å². The number of anilines is 1. The smallest absolute Gasteiger partial charge is 0.255 e. The van der Waals surface area contributed by atoms with Crippen molar-refractivity contribution in [1.29, 1.82) is 0 Å². The normalized spacial score (nSPS) is 10.4. The van der Waals surface area contributed by atoms with E-state index in [4.69, 9.17) is 4.74 Å². The molecule has 3 aromatic rings. The highest BCUT2D eigenvalue weighted by Gasteiger charge is 2.12. The van der Waals surface area contributed by atoms with Crippen LogP contribution in [-0.2, 0) is 17.9 Å². The number of aromatic nitrogens is 1. The van der Waals surface area contributed by atoms with E-state index in [1.807, 2.05) is 42.6 Å². The van der Waals surface area contributed by atoms with Crippen LogP contribution in [0, 0.1) is 6.92 Å². The molecule has 1 aromatic heterocycles. The predicted molar refractivity (Wildman–Crippen MR) is 114 cm³/mol. The van der Waals surface area contributed by atoms with Crippen LogP contribution in [0.5, 0.6) is 5.75 Å². The second-order valence-electron chi connectivity index (χ2n) is 6.66. The Bertz CT molecular complexity index is 1020. The SMILES string of the molecule is CC(=O)N(C)Cc1ccccc1NC(=O)c1cccc(OCc2csc(C)n2)c1. The number of aryl methyl sites for hydroxylation is 1. The first kappa shape index (κ1) is 20.5. The molecule has 0 bridgehead atoms. The van der Waals surface area contributed by atoms with E-state index in [9.17, 15) is 9.59 Å². The molecule has 0 spiro atoms. The van der Waals surface area contributed by atoms with Gasteiger partial charge >= 0.3 is 0 Å². The summed E-state index contributed by atoms with van der Waals surface area (Å²) in [7, 11) is 1.73. The Morgan fingerprint density at radius 3 is 2.69 bits per heavy atom. The van der Waals surface area contributed by atoms with E-state index in [0.29, 0.717) is 30.2 Å². The number of rotatable bonds is 7. The van der Waals surface area contributed by atoms with Crippen molar-refractivity contribution < 1.29 is 14.3 Å². The van der Waals surface area contributed by atoms with Gasteiger partial charge in [-0.05, 0) is 36.8 Å². The molecule has 2 aromatic carbocycles. The lowest BCUT2D eigenvalue weighted by Crippen LogP contribution is -2.24. The summed E-state index contributed by atoms with van der Waals surface area (Å²) >= 11 is 1.58. The number of carbonyl (C=O) groups excluding carboxylic acids is 2. The van der Waals surface area contributed by atoms with Crippen molar-refractivity contribution in [2.24, 2.45) is 0 Å². The van der Waals surface area contributed by atoms with Crippen molar-refractivity contribution in [2.45, 2.75) is 27.0 Å². The van der Waals surface area contributed by atoms with Gasteiger partial charge in [0.05, 0.1) is 10.7 Å². The molecule has 0 aliphatic carbocycles. The summed E-state index contributed by atoms with van der Waals surface area (Å²) in [5.41, 5.74) is 2.90. The van der Waals surface area contributed by atoms with Gasteiger partial charge < -0.3 is 15.0 Å². The minimum absolute atomic E-state index is 0.0358. The van der Waals surface area contributed by atoms with Crippen LogP contribution in [0.15, 0.2) is 53.9 Å². The molecule has 0 aliphatic heterocycles. The Hall–Kier alpha value is -3.19. The number of thiazole rings is 1. The average Bonchev–Trinajstić information content (AvgIpc) is 3.13. The van der Waals surface area contributed by atoms with Gasteiger partial charge in [-0.3, -0.25) is 9.59 Å². The topological polar surface area (TPSA) is 71.5 Å². The maximum absolute atomic E-state index is 12.8. The minimum Gasteiger partial charge on any atom is -0.487 e. The monoisotopic (exact) mass is 409 g/mol. The molecule has 1 heterocycles. The number of para-hydroxylation sites is 1. The van der Waals surface area contributed by atoms with Gasteiger partial charge in [0.2, 0.25) is 5.91 Å². The second kappa shape index (κ2) is 9.34. The molecule has 29 heavy (non-hydrogen) atoms. The van der Waals surface area contributed by atoms with Crippen LogP contribution in [0.2, 0.25) is 0 Å². The van der Waals surface area contributed by atoms with Crippen LogP contribution in [0.25, 0.3) is 0 Å². The quantitative estimate of drug-likeness (QED) is 0.633. The summed E-state index contributed by atoms with van der Waals surface area (Å²) in [6.45, 7) is 4.24. The standard InChI is InChI=1S/C22H23N3O3S/c1-15-23-19(14-29-15)13-28-20-9-6-8-17(11-20)22(27)24-21-10-5-4-7-18(21)12-25(3)16(2)26/h4-11,14H,12-13H2,1-3H3,(H,24,27). The molecule has 0 radical (unpaired) electrons. The van der Waals surface area contributed by atoms with Gasteiger partial charge in [-0.1, -0.05) is 24.3 Å². The maximum atomic E-state index is 12.8. The van der Waals surface area contributed by atoms with Gasteiger partial charge in [0.25, 0.3) is 5.91 Å². The van der Waals surface area contributed by atoms with Gasteiger partial charge in [-0.25, -0.2) is 4.98 Å². The lowest BCUT2D eigenvalue weighted by atomic mass is 10.1.